The molecule has 0 atom stereocenters. The van der Waals surface area contributed by atoms with E-state index in [2.05, 4.69) is 22.0 Å². The first kappa shape index (κ1) is 15.7. The van der Waals surface area contributed by atoms with Gasteiger partial charge in [0.15, 0.2) is 5.11 Å². The number of nitrogens with one attached hydrogen (secondary N) is 1. The molecule has 1 aromatic carbocycles. The molecule has 110 valence electrons. The molecule has 0 unspecified atom stereocenters. The SMILES string of the molecule is CCCNC(=S)N1CCN(c2ccc(Cl)c(Cl)c2)CC1. The summed E-state index contributed by atoms with van der Waals surface area (Å²) in [6, 6.07) is 5.78. The Kier molecular flexibility index (Phi) is 5.75. The van der Waals surface area contributed by atoms with E-state index in [0.29, 0.717) is 10.0 Å². The first-order valence-corrected chi connectivity index (χ1v) is 8.01. The maximum atomic E-state index is 6.07. The van der Waals surface area contributed by atoms with Gasteiger partial charge in [-0.15, -0.1) is 0 Å². The fourth-order valence-corrected chi connectivity index (χ4v) is 2.77. The second kappa shape index (κ2) is 7.34. The molecule has 0 saturated carbocycles. The maximum Gasteiger partial charge on any atom is 0.169 e. The molecule has 1 saturated heterocycles. The van der Waals surface area contributed by atoms with Crippen LogP contribution in [0, 0.1) is 0 Å². The van der Waals surface area contributed by atoms with Gasteiger partial charge in [-0.2, -0.15) is 0 Å². The van der Waals surface area contributed by atoms with Crippen LogP contribution in [0.4, 0.5) is 5.69 Å². The van der Waals surface area contributed by atoms with Crippen LogP contribution >= 0.6 is 35.4 Å². The number of anilines is 1. The summed E-state index contributed by atoms with van der Waals surface area (Å²) < 4.78 is 0. The fraction of sp³-hybridized carbons (Fsp3) is 0.500. The lowest BCUT2D eigenvalue weighted by Crippen LogP contribution is -2.51. The molecule has 6 heteroatoms. The molecular weight excluding hydrogens is 313 g/mol. The van der Waals surface area contributed by atoms with E-state index in [9.17, 15) is 0 Å². The van der Waals surface area contributed by atoms with Gasteiger partial charge in [0.1, 0.15) is 0 Å². The highest BCUT2D eigenvalue weighted by Gasteiger charge is 2.19. The van der Waals surface area contributed by atoms with Crippen molar-refractivity contribution in [2.45, 2.75) is 13.3 Å². The topological polar surface area (TPSA) is 18.5 Å². The molecule has 1 aromatic rings. The molecule has 0 radical (unpaired) electrons. The molecule has 1 aliphatic heterocycles. The number of piperazine rings is 1. The molecule has 3 nitrogen and oxygen atoms in total. The van der Waals surface area contributed by atoms with Gasteiger partial charge in [0.25, 0.3) is 0 Å². The van der Waals surface area contributed by atoms with E-state index in [1.165, 1.54) is 0 Å². The molecule has 0 amide bonds. The van der Waals surface area contributed by atoms with Gasteiger partial charge in [0.2, 0.25) is 0 Å². The van der Waals surface area contributed by atoms with E-state index in [0.717, 1.165) is 49.9 Å². The Morgan fingerprint density at radius 2 is 1.90 bits per heavy atom. The molecular formula is C14H19Cl2N3S. The molecule has 1 heterocycles. The summed E-state index contributed by atoms with van der Waals surface area (Å²) in [6.45, 7) is 6.80. The van der Waals surface area contributed by atoms with Crippen molar-refractivity contribution in [1.29, 1.82) is 0 Å². The smallest absolute Gasteiger partial charge is 0.169 e. The summed E-state index contributed by atoms with van der Waals surface area (Å²) in [6.07, 6.45) is 1.09. The number of benzene rings is 1. The zero-order chi connectivity index (χ0) is 14.5. The van der Waals surface area contributed by atoms with E-state index in [4.69, 9.17) is 35.4 Å². The van der Waals surface area contributed by atoms with E-state index in [1.807, 2.05) is 18.2 Å². The summed E-state index contributed by atoms with van der Waals surface area (Å²) in [4.78, 5) is 4.53. The molecule has 0 bridgehead atoms. The average Bonchev–Trinajstić information content (AvgIpc) is 2.48. The number of halogens is 2. The van der Waals surface area contributed by atoms with E-state index in [1.54, 1.807) is 0 Å². The minimum atomic E-state index is 0.596. The number of rotatable bonds is 3. The predicted molar refractivity (Wildman–Crippen MR) is 91.1 cm³/mol. The lowest BCUT2D eigenvalue weighted by molar-refractivity contribution is 0.380. The number of thiocarbonyl (C=S) groups is 1. The van der Waals surface area contributed by atoms with Crippen LogP contribution in [0.15, 0.2) is 18.2 Å². The van der Waals surface area contributed by atoms with Crippen LogP contribution < -0.4 is 10.2 Å². The van der Waals surface area contributed by atoms with Crippen LogP contribution in [-0.2, 0) is 0 Å². The predicted octanol–water partition coefficient (Wildman–Crippen LogP) is 3.40. The summed E-state index contributed by atoms with van der Waals surface area (Å²) >= 11 is 17.4. The Bertz CT molecular complexity index is 473. The third-order valence-electron chi connectivity index (χ3n) is 3.36. The molecule has 20 heavy (non-hydrogen) atoms. The molecule has 2 rings (SSSR count). The normalized spacial score (nSPS) is 15.3. The second-order valence-electron chi connectivity index (χ2n) is 4.80. The third kappa shape index (κ3) is 3.90. The van der Waals surface area contributed by atoms with Gasteiger partial charge in [-0.25, -0.2) is 0 Å². The Morgan fingerprint density at radius 3 is 2.50 bits per heavy atom. The summed E-state index contributed by atoms with van der Waals surface area (Å²) in [5.41, 5.74) is 1.12. The Morgan fingerprint density at radius 1 is 1.20 bits per heavy atom. The van der Waals surface area contributed by atoms with Crippen molar-refractivity contribution in [2.24, 2.45) is 0 Å². The van der Waals surface area contributed by atoms with Crippen molar-refractivity contribution < 1.29 is 0 Å². The summed E-state index contributed by atoms with van der Waals surface area (Å²) in [5.74, 6) is 0. The molecule has 0 spiro atoms. The van der Waals surface area contributed by atoms with Crippen LogP contribution in [0.3, 0.4) is 0 Å². The van der Waals surface area contributed by atoms with Crippen molar-refractivity contribution in [3.8, 4) is 0 Å². The zero-order valence-electron chi connectivity index (χ0n) is 11.5. The highest BCUT2D eigenvalue weighted by molar-refractivity contribution is 7.80. The third-order valence-corrected chi connectivity index (χ3v) is 4.50. The molecule has 1 aliphatic rings. The molecule has 0 aromatic heterocycles. The monoisotopic (exact) mass is 331 g/mol. The molecule has 1 fully saturated rings. The fourth-order valence-electron chi connectivity index (χ4n) is 2.19. The van der Waals surface area contributed by atoms with Crippen molar-refractivity contribution >= 4 is 46.2 Å². The van der Waals surface area contributed by atoms with Crippen molar-refractivity contribution in [1.82, 2.24) is 10.2 Å². The lowest BCUT2D eigenvalue weighted by Gasteiger charge is -2.37. The van der Waals surface area contributed by atoms with Crippen LogP contribution in [-0.4, -0.2) is 42.7 Å². The quantitative estimate of drug-likeness (QED) is 0.855. The van der Waals surface area contributed by atoms with Crippen molar-refractivity contribution in [3.63, 3.8) is 0 Å². The molecule has 1 N–H and O–H groups in total. The lowest BCUT2D eigenvalue weighted by atomic mass is 10.2. The van der Waals surface area contributed by atoms with E-state index < -0.39 is 0 Å². The van der Waals surface area contributed by atoms with Gasteiger partial charge in [-0.3, -0.25) is 0 Å². The van der Waals surface area contributed by atoms with Crippen molar-refractivity contribution in [3.05, 3.63) is 28.2 Å². The van der Waals surface area contributed by atoms with Gasteiger partial charge < -0.3 is 15.1 Å². The summed E-state index contributed by atoms with van der Waals surface area (Å²) in [7, 11) is 0. The molecule has 0 aliphatic carbocycles. The van der Waals surface area contributed by atoms with Gasteiger partial charge in [0.05, 0.1) is 10.0 Å². The van der Waals surface area contributed by atoms with Crippen LogP contribution in [0.25, 0.3) is 0 Å². The highest BCUT2D eigenvalue weighted by Crippen LogP contribution is 2.27. The first-order valence-electron chi connectivity index (χ1n) is 6.84. The van der Waals surface area contributed by atoms with Crippen LogP contribution in [0.1, 0.15) is 13.3 Å². The largest absolute Gasteiger partial charge is 0.368 e. The Balaban J connectivity index is 1.90. The Labute approximate surface area is 135 Å². The Hall–Kier alpha value is -0.710. The standard InChI is InChI=1S/C14H19Cl2N3S/c1-2-5-17-14(20)19-8-6-18(7-9-19)11-3-4-12(15)13(16)10-11/h3-4,10H,2,5-9H2,1H3,(H,17,20). The maximum absolute atomic E-state index is 6.07. The summed E-state index contributed by atoms with van der Waals surface area (Å²) in [5, 5.41) is 5.33. The second-order valence-corrected chi connectivity index (χ2v) is 6.01. The van der Waals surface area contributed by atoms with Gasteiger partial charge in [-0.05, 0) is 36.8 Å². The highest BCUT2D eigenvalue weighted by atomic mass is 35.5. The van der Waals surface area contributed by atoms with E-state index >= 15 is 0 Å². The van der Waals surface area contributed by atoms with Gasteiger partial charge >= 0.3 is 0 Å². The number of hydrogen-bond acceptors (Lipinski definition) is 2. The first-order chi connectivity index (χ1) is 9.61. The average molecular weight is 332 g/mol. The van der Waals surface area contributed by atoms with Crippen LogP contribution in [0.2, 0.25) is 10.0 Å². The van der Waals surface area contributed by atoms with E-state index in [-0.39, 0.29) is 0 Å². The van der Waals surface area contributed by atoms with Crippen LogP contribution in [0.5, 0.6) is 0 Å². The zero-order valence-corrected chi connectivity index (χ0v) is 13.9. The van der Waals surface area contributed by atoms with Gasteiger partial charge in [0, 0.05) is 38.4 Å². The van der Waals surface area contributed by atoms with Crippen molar-refractivity contribution in [2.75, 3.05) is 37.6 Å². The number of nitrogens with zero attached hydrogens (tertiary/aromatic N) is 2. The number of hydrogen-bond donors (Lipinski definition) is 1. The van der Waals surface area contributed by atoms with Gasteiger partial charge in [-0.1, -0.05) is 30.1 Å². The minimum absolute atomic E-state index is 0.596. The minimum Gasteiger partial charge on any atom is -0.368 e.